The van der Waals surface area contributed by atoms with Crippen LogP contribution in [0.5, 0.6) is 0 Å². The Balaban J connectivity index is 2.68. The number of carbonyl (C=O) groups excluding carboxylic acids is 1. The summed E-state index contributed by atoms with van der Waals surface area (Å²) in [6, 6.07) is 3.82. The van der Waals surface area contributed by atoms with Crippen LogP contribution in [0, 0.1) is 5.82 Å². The van der Waals surface area contributed by atoms with Crippen molar-refractivity contribution in [3.05, 3.63) is 29.6 Å². The van der Waals surface area contributed by atoms with Crippen molar-refractivity contribution in [1.29, 1.82) is 0 Å². The lowest BCUT2D eigenvalue weighted by molar-refractivity contribution is 0.0795. The highest BCUT2D eigenvalue weighted by molar-refractivity contribution is 5.98. The van der Waals surface area contributed by atoms with Gasteiger partial charge in [-0.2, -0.15) is 0 Å². The predicted molar refractivity (Wildman–Crippen MR) is 66.3 cm³/mol. The molecule has 0 aromatic heterocycles. The second-order valence-electron chi connectivity index (χ2n) is 3.92. The zero-order chi connectivity index (χ0) is 12.8. The first kappa shape index (κ1) is 13.4. The Morgan fingerprint density at radius 3 is 2.82 bits per heavy atom. The topological polar surface area (TPSA) is 58.4 Å². The Labute approximate surface area is 101 Å². The molecule has 1 aromatic rings. The molecule has 0 fully saturated rings. The standard InChI is InChI=1S/C12H18FN3O/c1-15-6-3-7-16(2)12(17)10-5-4-9(13)8-11(10)14/h4-5,8,15H,3,6-7,14H2,1-2H3. The predicted octanol–water partition coefficient (Wildman–Crippen LogP) is 1.09. The number of nitrogen functional groups attached to an aromatic ring is 1. The van der Waals surface area contributed by atoms with Gasteiger partial charge in [0.05, 0.1) is 5.56 Å². The number of nitrogens with one attached hydrogen (secondary N) is 1. The fraction of sp³-hybridized carbons (Fsp3) is 0.417. The summed E-state index contributed by atoms with van der Waals surface area (Å²) >= 11 is 0. The van der Waals surface area contributed by atoms with Crippen molar-refractivity contribution in [3.8, 4) is 0 Å². The van der Waals surface area contributed by atoms with Crippen LogP contribution in [0.2, 0.25) is 0 Å². The molecule has 0 spiro atoms. The van der Waals surface area contributed by atoms with Crippen molar-refractivity contribution in [2.45, 2.75) is 6.42 Å². The Kier molecular flexibility index (Phi) is 4.90. The molecule has 0 saturated carbocycles. The lowest BCUT2D eigenvalue weighted by atomic mass is 10.1. The minimum absolute atomic E-state index is 0.176. The van der Waals surface area contributed by atoms with Crippen molar-refractivity contribution >= 4 is 11.6 Å². The maximum atomic E-state index is 12.8. The summed E-state index contributed by atoms with van der Waals surface area (Å²) in [5.74, 6) is -0.615. The fourth-order valence-electron chi connectivity index (χ4n) is 1.53. The van der Waals surface area contributed by atoms with Gasteiger partial charge < -0.3 is 16.0 Å². The number of benzene rings is 1. The summed E-state index contributed by atoms with van der Waals surface area (Å²) < 4.78 is 12.8. The van der Waals surface area contributed by atoms with E-state index in [0.29, 0.717) is 12.1 Å². The SMILES string of the molecule is CNCCCN(C)C(=O)c1ccc(F)cc1N. The van der Waals surface area contributed by atoms with E-state index < -0.39 is 5.82 Å². The van der Waals surface area contributed by atoms with Crippen molar-refractivity contribution in [2.24, 2.45) is 0 Å². The molecule has 3 N–H and O–H groups in total. The maximum absolute atomic E-state index is 12.8. The third kappa shape index (κ3) is 3.71. The van der Waals surface area contributed by atoms with Crippen LogP contribution in [0.1, 0.15) is 16.8 Å². The van der Waals surface area contributed by atoms with Crippen LogP contribution in [-0.4, -0.2) is 38.0 Å². The van der Waals surface area contributed by atoms with Crippen LogP contribution >= 0.6 is 0 Å². The van der Waals surface area contributed by atoms with Crippen LogP contribution in [-0.2, 0) is 0 Å². The molecule has 0 heterocycles. The van der Waals surface area contributed by atoms with E-state index in [1.807, 2.05) is 7.05 Å². The van der Waals surface area contributed by atoms with E-state index in [9.17, 15) is 9.18 Å². The van der Waals surface area contributed by atoms with E-state index in [1.54, 1.807) is 11.9 Å². The minimum atomic E-state index is -0.433. The zero-order valence-corrected chi connectivity index (χ0v) is 10.2. The molecule has 94 valence electrons. The molecule has 0 bridgehead atoms. The van der Waals surface area contributed by atoms with Crippen molar-refractivity contribution in [2.75, 3.05) is 32.9 Å². The molecule has 1 rings (SSSR count). The summed E-state index contributed by atoms with van der Waals surface area (Å²) in [6.45, 7) is 1.48. The first-order valence-electron chi connectivity index (χ1n) is 5.51. The van der Waals surface area contributed by atoms with Gasteiger partial charge in [-0.05, 0) is 38.2 Å². The number of anilines is 1. The summed E-state index contributed by atoms with van der Waals surface area (Å²) in [5, 5.41) is 3.01. The summed E-state index contributed by atoms with van der Waals surface area (Å²) in [4.78, 5) is 13.6. The van der Waals surface area contributed by atoms with Gasteiger partial charge in [0.2, 0.25) is 0 Å². The van der Waals surface area contributed by atoms with E-state index in [-0.39, 0.29) is 11.6 Å². The first-order valence-corrected chi connectivity index (χ1v) is 5.51. The van der Waals surface area contributed by atoms with E-state index in [2.05, 4.69) is 5.32 Å². The largest absolute Gasteiger partial charge is 0.398 e. The number of hydrogen-bond donors (Lipinski definition) is 2. The highest BCUT2D eigenvalue weighted by Gasteiger charge is 2.14. The number of amides is 1. The third-order valence-electron chi connectivity index (χ3n) is 2.51. The van der Waals surface area contributed by atoms with E-state index in [1.165, 1.54) is 12.1 Å². The quantitative estimate of drug-likeness (QED) is 0.597. The number of halogens is 1. The summed E-state index contributed by atoms with van der Waals surface area (Å²) in [7, 11) is 3.57. The van der Waals surface area contributed by atoms with Gasteiger partial charge in [-0.1, -0.05) is 0 Å². The van der Waals surface area contributed by atoms with Crippen molar-refractivity contribution in [3.63, 3.8) is 0 Å². The van der Waals surface area contributed by atoms with Gasteiger partial charge >= 0.3 is 0 Å². The Hall–Kier alpha value is -1.62. The Morgan fingerprint density at radius 2 is 2.24 bits per heavy atom. The van der Waals surface area contributed by atoms with Crippen LogP contribution in [0.15, 0.2) is 18.2 Å². The monoisotopic (exact) mass is 239 g/mol. The molecular formula is C12H18FN3O. The molecule has 1 amide bonds. The number of nitrogens with two attached hydrogens (primary N) is 1. The molecule has 0 aliphatic heterocycles. The number of nitrogens with zero attached hydrogens (tertiary/aromatic N) is 1. The van der Waals surface area contributed by atoms with Crippen LogP contribution < -0.4 is 11.1 Å². The number of carbonyl (C=O) groups is 1. The van der Waals surface area contributed by atoms with Crippen molar-refractivity contribution in [1.82, 2.24) is 10.2 Å². The smallest absolute Gasteiger partial charge is 0.255 e. The van der Waals surface area contributed by atoms with Gasteiger partial charge in [0.1, 0.15) is 5.82 Å². The van der Waals surface area contributed by atoms with Gasteiger partial charge in [-0.15, -0.1) is 0 Å². The average molecular weight is 239 g/mol. The lowest BCUT2D eigenvalue weighted by Crippen LogP contribution is -2.30. The zero-order valence-electron chi connectivity index (χ0n) is 10.2. The van der Waals surface area contributed by atoms with E-state index >= 15 is 0 Å². The molecule has 1 aromatic carbocycles. The minimum Gasteiger partial charge on any atom is -0.398 e. The maximum Gasteiger partial charge on any atom is 0.255 e. The molecule has 0 unspecified atom stereocenters. The molecule has 0 atom stereocenters. The van der Waals surface area contributed by atoms with Gasteiger partial charge in [0.15, 0.2) is 0 Å². The second kappa shape index (κ2) is 6.20. The molecule has 17 heavy (non-hydrogen) atoms. The van der Waals surface area contributed by atoms with E-state index in [4.69, 9.17) is 5.73 Å². The van der Waals surface area contributed by atoms with Gasteiger partial charge in [-0.3, -0.25) is 4.79 Å². The number of rotatable bonds is 5. The molecule has 0 aliphatic carbocycles. The third-order valence-corrected chi connectivity index (χ3v) is 2.51. The summed E-state index contributed by atoms with van der Waals surface area (Å²) in [6.07, 6.45) is 0.861. The van der Waals surface area contributed by atoms with Crippen molar-refractivity contribution < 1.29 is 9.18 Å². The Morgan fingerprint density at radius 1 is 1.53 bits per heavy atom. The first-order chi connectivity index (χ1) is 8.06. The van der Waals surface area contributed by atoms with Gasteiger partial charge in [0.25, 0.3) is 5.91 Å². The molecular weight excluding hydrogens is 221 g/mol. The second-order valence-corrected chi connectivity index (χ2v) is 3.92. The average Bonchev–Trinajstić information content (AvgIpc) is 2.28. The van der Waals surface area contributed by atoms with Gasteiger partial charge in [0, 0.05) is 19.3 Å². The van der Waals surface area contributed by atoms with Crippen LogP contribution in [0.3, 0.4) is 0 Å². The number of hydrogen-bond acceptors (Lipinski definition) is 3. The van der Waals surface area contributed by atoms with Gasteiger partial charge in [-0.25, -0.2) is 4.39 Å². The molecule has 5 heteroatoms. The molecule has 0 saturated heterocycles. The molecule has 4 nitrogen and oxygen atoms in total. The fourth-order valence-corrected chi connectivity index (χ4v) is 1.53. The molecule has 0 aliphatic rings. The van der Waals surface area contributed by atoms with Crippen LogP contribution in [0.25, 0.3) is 0 Å². The highest BCUT2D eigenvalue weighted by atomic mass is 19.1. The summed E-state index contributed by atoms with van der Waals surface area (Å²) in [5.41, 5.74) is 6.14. The Bertz CT molecular complexity index is 395. The lowest BCUT2D eigenvalue weighted by Gasteiger charge is -2.18. The highest BCUT2D eigenvalue weighted by Crippen LogP contribution is 2.15. The normalized spacial score (nSPS) is 10.3. The van der Waals surface area contributed by atoms with Crippen LogP contribution in [0.4, 0.5) is 10.1 Å². The molecule has 0 radical (unpaired) electrons. The van der Waals surface area contributed by atoms with E-state index in [0.717, 1.165) is 19.0 Å².